The Morgan fingerprint density at radius 1 is 1.03 bits per heavy atom. The van der Waals surface area contributed by atoms with E-state index in [1.54, 1.807) is 35.9 Å². The number of aryl methyl sites for hydroxylation is 2. The maximum atomic E-state index is 13.2. The van der Waals surface area contributed by atoms with Gasteiger partial charge in [-0.25, -0.2) is 4.39 Å². The quantitative estimate of drug-likeness (QED) is 0.378. The molecular weight excluding hydrogens is 443 g/mol. The van der Waals surface area contributed by atoms with Gasteiger partial charge in [-0.15, -0.1) is 11.3 Å². The maximum Gasteiger partial charge on any atom is 0.305 e. The summed E-state index contributed by atoms with van der Waals surface area (Å²) < 4.78 is 20.6. The minimum atomic E-state index is -0.531. The smallest absolute Gasteiger partial charge is 0.305 e. The van der Waals surface area contributed by atoms with Crippen LogP contribution in [0.4, 0.5) is 4.39 Å². The highest BCUT2D eigenvalue weighted by atomic mass is 32.1. The zero-order valence-electron chi connectivity index (χ0n) is 17.8. The largest absolute Gasteiger partial charge is 0.451 e. The van der Waals surface area contributed by atoms with Crippen molar-refractivity contribution in [2.75, 3.05) is 0 Å². The molecule has 3 heterocycles. The van der Waals surface area contributed by atoms with Crippen LogP contribution in [0.2, 0.25) is 0 Å². The lowest BCUT2D eigenvalue weighted by molar-refractivity contribution is 0.0833. The minimum absolute atomic E-state index is 0.152. The molecule has 5 rings (SSSR count). The molecule has 0 atom stereocenters. The lowest BCUT2D eigenvalue weighted by atomic mass is 10.1. The zero-order valence-corrected chi connectivity index (χ0v) is 18.6. The van der Waals surface area contributed by atoms with Crippen LogP contribution in [-0.2, 0) is 6.54 Å². The molecule has 2 aromatic carbocycles. The van der Waals surface area contributed by atoms with Crippen LogP contribution in [0.3, 0.4) is 0 Å². The number of rotatable bonds is 4. The molecule has 0 spiro atoms. The number of hydrazine groups is 1. The number of hydrogen-bond donors (Lipinski definition) is 2. The molecule has 0 fully saturated rings. The Bertz CT molecular complexity index is 1510. The topological polar surface area (TPSA) is 89.2 Å². The van der Waals surface area contributed by atoms with Crippen LogP contribution in [0.25, 0.3) is 21.2 Å². The van der Waals surface area contributed by atoms with Gasteiger partial charge in [0.15, 0.2) is 5.76 Å². The molecule has 33 heavy (non-hydrogen) atoms. The number of nitrogens with zero attached hydrogens (tertiary/aromatic N) is 2. The van der Waals surface area contributed by atoms with Gasteiger partial charge < -0.3 is 4.42 Å². The Balaban J connectivity index is 1.32. The molecule has 9 heteroatoms. The highest BCUT2D eigenvalue weighted by molar-refractivity contribution is 7.20. The van der Waals surface area contributed by atoms with Gasteiger partial charge in [0.2, 0.25) is 0 Å². The van der Waals surface area contributed by atoms with Crippen LogP contribution in [0.1, 0.15) is 37.0 Å². The summed E-state index contributed by atoms with van der Waals surface area (Å²) in [7, 11) is 0. The second-order valence-corrected chi connectivity index (χ2v) is 8.69. The van der Waals surface area contributed by atoms with Crippen molar-refractivity contribution in [3.63, 3.8) is 0 Å². The number of furan rings is 1. The van der Waals surface area contributed by atoms with Gasteiger partial charge in [0.1, 0.15) is 16.2 Å². The zero-order chi connectivity index (χ0) is 23.1. The molecule has 7 nitrogen and oxygen atoms in total. The normalized spacial score (nSPS) is 11.2. The van der Waals surface area contributed by atoms with Crippen molar-refractivity contribution in [1.29, 1.82) is 0 Å². The predicted molar refractivity (Wildman–Crippen MR) is 124 cm³/mol. The van der Waals surface area contributed by atoms with E-state index in [0.717, 1.165) is 26.9 Å². The highest BCUT2D eigenvalue weighted by Gasteiger charge is 2.20. The van der Waals surface area contributed by atoms with Crippen LogP contribution in [0.5, 0.6) is 0 Å². The summed E-state index contributed by atoms with van der Waals surface area (Å²) in [6, 6.07) is 15.3. The number of aromatic nitrogens is 2. The molecule has 0 bridgehead atoms. The number of amides is 2. The van der Waals surface area contributed by atoms with E-state index in [1.165, 1.54) is 23.5 Å². The lowest BCUT2D eigenvalue weighted by Gasteiger charge is -2.05. The Morgan fingerprint density at radius 2 is 1.76 bits per heavy atom. The highest BCUT2D eigenvalue weighted by Crippen LogP contribution is 2.29. The molecule has 0 aliphatic carbocycles. The van der Waals surface area contributed by atoms with E-state index in [1.807, 2.05) is 25.1 Å². The molecular formula is C24H19FN4O3S. The molecule has 5 aromatic rings. The van der Waals surface area contributed by atoms with E-state index in [2.05, 4.69) is 16.0 Å². The maximum absolute atomic E-state index is 13.2. The molecule has 0 unspecified atom stereocenters. The van der Waals surface area contributed by atoms with E-state index in [4.69, 9.17) is 4.42 Å². The third-order valence-corrected chi connectivity index (χ3v) is 6.56. The summed E-state index contributed by atoms with van der Waals surface area (Å²) in [5.74, 6) is -1.11. The number of halogens is 1. The van der Waals surface area contributed by atoms with Crippen molar-refractivity contribution in [1.82, 2.24) is 20.6 Å². The van der Waals surface area contributed by atoms with Gasteiger partial charge in [0, 0.05) is 16.3 Å². The fourth-order valence-corrected chi connectivity index (χ4v) is 4.77. The number of nitrogens with one attached hydrogen (secondary N) is 2. The summed E-state index contributed by atoms with van der Waals surface area (Å²) >= 11 is 1.27. The number of hydrogen-bond acceptors (Lipinski definition) is 5. The predicted octanol–water partition coefficient (Wildman–Crippen LogP) is 4.72. The molecule has 0 saturated heterocycles. The van der Waals surface area contributed by atoms with E-state index in [9.17, 15) is 14.0 Å². The number of carbonyl (C=O) groups is 2. The van der Waals surface area contributed by atoms with Gasteiger partial charge in [0.05, 0.1) is 17.1 Å². The molecule has 166 valence electrons. The first-order valence-electron chi connectivity index (χ1n) is 10.2. The number of para-hydroxylation sites is 1. The van der Waals surface area contributed by atoms with Crippen molar-refractivity contribution in [2.45, 2.75) is 20.4 Å². The molecule has 0 radical (unpaired) electrons. The summed E-state index contributed by atoms with van der Waals surface area (Å²) in [6.07, 6.45) is 0. The van der Waals surface area contributed by atoms with E-state index >= 15 is 0 Å². The SMILES string of the molecule is Cc1c(C(=O)NNC(=O)c2cc3c(C)nn(Cc4ccc(F)cc4)c3s2)oc2ccccc12. The fourth-order valence-electron chi connectivity index (χ4n) is 3.72. The van der Waals surface area contributed by atoms with Gasteiger partial charge >= 0.3 is 5.91 Å². The van der Waals surface area contributed by atoms with Crippen LogP contribution >= 0.6 is 11.3 Å². The summed E-state index contributed by atoms with van der Waals surface area (Å²) in [4.78, 5) is 26.5. The number of thiophene rings is 1. The van der Waals surface area contributed by atoms with Crippen LogP contribution < -0.4 is 10.9 Å². The molecule has 2 amide bonds. The average Bonchev–Trinajstić information content (AvgIpc) is 3.48. The van der Waals surface area contributed by atoms with Crippen LogP contribution in [0, 0.1) is 19.7 Å². The van der Waals surface area contributed by atoms with Gasteiger partial charge in [-0.3, -0.25) is 25.1 Å². The van der Waals surface area contributed by atoms with Gasteiger partial charge in [-0.05, 0) is 43.7 Å². The van der Waals surface area contributed by atoms with Crippen molar-refractivity contribution < 1.29 is 18.4 Å². The minimum Gasteiger partial charge on any atom is -0.451 e. The monoisotopic (exact) mass is 462 g/mol. The molecule has 0 saturated carbocycles. The molecule has 0 aliphatic rings. The van der Waals surface area contributed by atoms with Crippen LogP contribution in [0.15, 0.2) is 59.0 Å². The van der Waals surface area contributed by atoms with E-state index < -0.39 is 11.8 Å². The van der Waals surface area contributed by atoms with E-state index in [0.29, 0.717) is 22.6 Å². The number of fused-ring (bicyclic) bond motifs is 2. The molecule has 3 aromatic heterocycles. The van der Waals surface area contributed by atoms with Gasteiger partial charge in [-0.1, -0.05) is 30.3 Å². The van der Waals surface area contributed by atoms with Crippen molar-refractivity contribution in [2.24, 2.45) is 0 Å². The third kappa shape index (κ3) is 3.87. The summed E-state index contributed by atoms with van der Waals surface area (Å²) in [5.41, 5.74) is 7.87. The second kappa shape index (κ2) is 8.18. The summed E-state index contributed by atoms with van der Waals surface area (Å²) in [5, 5.41) is 6.23. The van der Waals surface area contributed by atoms with Crippen LogP contribution in [-0.4, -0.2) is 21.6 Å². The Labute approximate surface area is 191 Å². The fraction of sp³-hybridized carbons (Fsp3) is 0.125. The average molecular weight is 463 g/mol. The second-order valence-electron chi connectivity index (χ2n) is 7.66. The van der Waals surface area contributed by atoms with Gasteiger partial charge in [-0.2, -0.15) is 5.10 Å². The third-order valence-electron chi connectivity index (χ3n) is 5.42. The van der Waals surface area contributed by atoms with Crippen molar-refractivity contribution in [3.05, 3.63) is 87.9 Å². The van der Waals surface area contributed by atoms with Crippen molar-refractivity contribution in [3.8, 4) is 0 Å². The molecule has 0 aliphatic heterocycles. The van der Waals surface area contributed by atoms with E-state index in [-0.39, 0.29) is 11.6 Å². The summed E-state index contributed by atoms with van der Waals surface area (Å²) in [6.45, 7) is 4.11. The van der Waals surface area contributed by atoms with Crippen molar-refractivity contribution >= 4 is 44.3 Å². The first-order chi connectivity index (χ1) is 15.9. The lowest BCUT2D eigenvalue weighted by Crippen LogP contribution is -2.41. The standard InChI is InChI=1S/C24H19FN4O3S/c1-13-17-5-3-4-6-19(17)32-21(13)23(31)27-26-22(30)20-11-18-14(2)28-29(24(18)33-20)12-15-7-9-16(25)10-8-15/h3-11H,12H2,1-2H3,(H,26,30)(H,27,31). The number of carbonyl (C=O) groups excluding carboxylic acids is 2. The Hall–Kier alpha value is -3.98. The molecule has 2 N–H and O–H groups in total. The Morgan fingerprint density at radius 3 is 2.52 bits per heavy atom. The van der Waals surface area contributed by atoms with Gasteiger partial charge in [0.25, 0.3) is 5.91 Å². The first kappa shape index (κ1) is 20.9. The first-order valence-corrected chi connectivity index (χ1v) is 11.0. The number of benzene rings is 2. The Kier molecular flexibility index (Phi) is 5.18.